The molecule has 1 aromatic heterocycles. The average molecular weight is 405 g/mol. The highest BCUT2D eigenvalue weighted by Crippen LogP contribution is 2.30. The molecule has 27 heavy (non-hydrogen) atoms. The molecule has 0 bridgehead atoms. The second-order valence-corrected chi connectivity index (χ2v) is 8.34. The number of sulfonamides is 1. The van der Waals surface area contributed by atoms with Gasteiger partial charge in [-0.25, -0.2) is 17.5 Å². The summed E-state index contributed by atoms with van der Waals surface area (Å²) in [6.07, 6.45) is 1.34. The molecule has 3 rings (SSSR count). The smallest absolute Gasteiger partial charge is 0.341 e. The molecule has 0 unspecified atom stereocenters. The Morgan fingerprint density at radius 2 is 1.93 bits per heavy atom. The second-order valence-electron chi connectivity index (χ2n) is 5.53. The zero-order chi connectivity index (χ0) is 19.6. The molecule has 1 amide bonds. The van der Waals surface area contributed by atoms with E-state index in [0.29, 0.717) is 9.18 Å². The number of hydrogen-bond acceptors (Lipinski definition) is 7. The minimum Gasteiger partial charge on any atom is -0.462 e. The Hall–Kier alpha value is -2.78. The third kappa shape index (κ3) is 3.56. The Morgan fingerprint density at radius 3 is 2.56 bits per heavy atom. The molecular weight excluding hydrogens is 390 g/mol. The topological polar surface area (TPSA) is 97.8 Å². The standard InChI is InChI=1S/C18H15NO6S2/c1-2-25-18(22)14(10-12-6-5-9-26-12)15(20)11-19-17(21)13-7-3-4-8-16(13)27(19,23)24/h3-10H,2,11H2,1H3. The summed E-state index contributed by atoms with van der Waals surface area (Å²) in [6.45, 7) is 0.877. The number of carbonyl (C=O) groups is 3. The van der Waals surface area contributed by atoms with Crippen LogP contribution in [0.5, 0.6) is 0 Å². The Bertz CT molecular complexity index is 1040. The van der Waals surface area contributed by atoms with E-state index in [0.717, 1.165) is 0 Å². The molecule has 1 aliphatic rings. The van der Waals surface area contributed by atoms with Crippen molar-refractivity contribution in [3.63, 3.8) is 0 Å². The number of ketones is 1. The minimum absolute atomic E-state index is 0.00483. The van der Waals surface area contributed by atoms with Gasteiger partial charge in [0.2, 0.25) is 0 Å². The molecule has 1 aromatic carbocycles. The van der Waals surface area contributed by atoms with Crippen LogP contribution in [0.15, 0.2) is 52.2 Å². The summed E-state index contributed by atoms with van der Waals surface area (Å²) in [5.74, 6) is -2.47. The quantitative estimate of drug-likeness (QED) is 0.316. The van der Waals surface area contributed by atoms with Crippen LogP contribution in [0.25, 0.3) is 6.08 Å². The van der Waals surface area contributed by atoms with Crippen LogP contribution in [0.4, 0.5) is 0 Å². The molecule has 7 nitrogen and oxygen atoms in total. The molecule has 0 fully saturated rings. The number of Topliss-reactive ketones (excluding diaryl/α,β-unsaturated/α-hetero) is 1. The maximum Gasteiger partial charge on any atom is 0.341 e. The van der Waals surface area contributed by atoms with Crippen molar-refractivity contribution in [1.29, 1.82) is 0 Å². The third-order valence-electron chi connectivity index (χ3n) is 3.82. The Kier molecular flexibility index (Phi) is 5.24. The number of nitrogens with zero attached hydrogens (tertiary/aromatic N) is 1. The van der Waals surface area contributed by atoms with Crippen molar-refractivity contribution >= 4 is 45.1 Å². The molecule has 0 saturated carbocycles. The summed E-state index contributed by atoms with van der Waals surface area (Å²) in [7, 11) is -4.14. The maximum absolute atomic E-state index is 12.7. The van der Waals surface area contributed by atoms with Crippen LogP contribution in [0, 0.1) is 0 Å². The highest BCUT2D eigenvalue weighted by Gasteiger charge is 2.42. The van der Waals surface area contributed by atoms with E-state index < -0.39 is 34.2 Å². The van der Waals surface area contributed by atoms with Crippen LogP contribution >= 0.6 is 11.3 Å². The highest BCUT2D eigenvalue weighted by molar-refractivity contribution is 7.90. The highest BCUT2D eigenvalue weighted by atomic mass is 32.2. The van der Waals surface area contributed by atoms with Gasteiger partial charge in [-0.05, 0) is 36.6 Å². The number of amides is 1. The summed E-state index contributed by atoms with van der Waals surface area (Å²) in [4.78, 5) is 37.8. The number of esters is 1. The SMILES string of the molecule is CCOC(=O)C(=Cc1cccs1)C(=O)CN1C(=O)c2ccccc2S1(=O)=O. The lowest BCUT2D eigenvalue weighted by molar-refractivity contribution is -0.139. The van der Waals surface area contributed by atoms with E-state index in [-0.39, 0.29) is 22.6 Å². The van der Waals surface area contributed by atoms with E-state index in [1.54, 1.807) is 24.4 Å². The Morgan fingerprint density at radius 1 is 1.19 bits per heavy atom. The van der Waals surface area contributed by atoms with Crippen molar-refractivity contribution in [2.24, 2.45) is 0 Å². The molecular formula is C18H15NO6S2. The average Bonchev–Trinajstić information content (AvgIpc) is 3.22. The largest absolute Gasteiger partial charge is 0.462 e. The normalized spacial score (nSPS) is 15.5. The van der Waals surface area contributed by atoms with Gasteiger partial charge in [-0.1, -0.05) is 18.2 Å². The van der Waals surface area contributed by atoms with Crippen molar-refractivity contribution in [3.8, 4) is 0 Å². The molecule has 140 valence electrons. The Balaban J connectivity index is 1.93. The lowest BCUT2D eigenvalue weighted by Crippen LogP contribution is -2.36. The number of carbonyl (C=O) groups excluding carboxylic acids is 3. The van der Waals surface area contributed by atoms with Gasteiger partial charge in [0.05, 0.1) is 12.2 Å². The molecule has 2 aromatic rings. The van der Waals surface area contributed by atoms with Crippen LogP contribution in [0.2, 0.25) is 0 Å². The first-order valence-electron chi connectivity index (χ1n) is 7.98. The summed E-state index contributed by atoms with van der Waals surface area (Å²) >= 11 is 1.30. The van der Waals surface area contributed by atoms with Crippen molar-refractivity contribution in [3.05, 3.63) is 57.8 Å². The first-order valence-corrected chi connectivity index (χ1v) is 10.3. The monoisotopic (exact) mass is 405 g/mol. The van der Waals surface area contributed by atoms with E-state index in [4.69, 9.17) is 4.74 Å². The van der Waals surface area contributed by atoms with Crippen molar-refractivity contribution < 1.29 is 27.5 Å². The van der Waals surface area contributed by atoms with Crippen LogP contribution < -0.4 is 0 Å². The van der Waals surface area contributed by atoms with Gasteiger partial charge < -0.3 is 4.74 Å². The van der Waals surface area contributed by atoms with Crippen LogP contribution in [0.3, 0.4) is 0 Å². The first kappa shape index (κ1) is 19.0. The molecule has 0 radical (unpaired) electrons. The van der Waals surface area contributed by atoms with Gasteiger partial charge in [-0.2, -0.15) is 0 Å². The molecule has 0 aliphatic carbocycles. The summed E-state index contributed by atoms with van der Waals surface area (Å²) in [6, 6.07) is 9.17. The van der Waals surface area contributed by atoms with Gasteiger partial charge in [0, 0.05) is 4.88 Å². The van der Waals surface area contributed by atoms with Crippen molar-refractivity contribution in [1.82, 2.24) is 4.31 Å². The molecule has 2 heterocycles. The fourth-order valence-corrected chi connectivity index (χ4v) is 4.76. The van der Waals surface area contributed by atoms with E-state index in [2.05, 4.69) is 0 Å². The number of rotatable bonds is 6. The van der Waals surface area contributed by atoms with Crippen LogP contribution in [0.1, 0.15) is 22.2 Å². The first-order chi connectivity index (χ1) is 12.9. The molecule has 0 spiro atoms. The van der Waals surface area contributed by atoms with Gasteiger partial charge in [0.25, 0.3) is 15.9 Å². The number of fused-ring (bicyclic) bond motifs is 1. The number of hydrogen-bond donors (Lipinski definition) is 0. The number of benzene rings is 1. The molecule has 9 heteroatoms. The molecule has 1 aliphatic heterocycles. The minimum atomic E-state index is -4.14. The Labute approximate surface area is 159 Å². The second kappa shape index (κ2) is 7.45. The lowest BCUT2D eigenvalue weighted by Gasteiger charge is -2.15. The zero-order valence-electron chi connectivity index (χ0n) is 14.2. The van der Waals surface area contributed by atoms with Gasteiger partial charge in [-0.3, -0.25) is 9.59 Å². The summed E-state index contributed by atoms with van der Waals surface area (Å²) < 4.78 is 30.6. The van der Waals surface area contributed by atoms with Gasteiger partial charge in [0.15, 0.2) is 5.78 Å². The predicted molar refractivity (Wildman–Crippen MR) is 98.6 cm³/mol. The van der Waals surface area contributed by atoms with Gasteiger partial charge in [-0.15, -0.1) is 11.3 Å². The fourth-order valence-electron chi connectivity index (χ4n) is 2.58. The van der Waals surface area contributed by atoms with E-state index in [1.807, 2.05) is 0 Å². The third-order valence-corrected chi connectivity index (χ3v) is 6.43. The van der Waals surface area contributed by atoms with E-state index in [1.165, 1.54) is 41.7 Å². The fraction of sp³-hybridized carbons (Fsp3) is 0.167. The van der Waals surface area contributed by atoms with Crippen LogP contribution in [-0.4, -0.2) is 43.5 Å². The molecule has 0 atom stereocenters. The molecule has 0 N–H and O–H groups in total. The zero-order valence-corrected chi connectivity index (χ0v) is 15.9. The van der Waals surface area contributed by atoms with Gasteiger partial charge >= 0.3 is 5.97 Å². The number of ether oxygens (including phenoxy) is 1. The maximum atomic E-state index is 12.7. The van der Waals surface area contributed by atoms with Gasteiger partial charge in [0.1, 0.15) is 17.0 Å². The number of thiophene rings is 1. The van der Waals surface area contributed by atoms with Crippen LogP contribution in [-0.2, 0) is 24.3 Å². The summed E-state index contributed by atoms with van der Waals surface area (Å²) in [5, 5.41) is 1.77. The van der Waals surface area contributed by atoms with E-state index in [9.17, 15) is 22.8 Å². The molecule has 0 saturated heterocycles. The van der Waals surface area contributed by atoms with E-state index >= 15 is 0 Å². The van der Waals surface area contributed by atoms with Crippen molar-refractivity contribution in [2.75, 3.05) is 13.2 Å². The lowest BCUT2D eigenvalue weighted by atomic mass is 10.1. The van der Waals surface area contributed by atoms with Crippen molar-refractivity contribution in [2.45, 2.75) is 11.8 Å². The summed E-state index contributed by atoms with van der Waals surface area (Å²) in [5.41, 5.74) is -0.302. The predicted octanol–water partition coefficient (Wildman–Crippen LogP) is 2.11.